The molecule has 0 radical (unpaired) electrons. The number of thiazole rings is 1. The maximum absolute atomic E-state index is 12.3. The summed E-state index contributed by atoms with van der Waals surface area (Å²) < 4.78 is 0. The third-order valence-electron chi connectivity index (χ3n) is 4.34. The normalized spacial score (nSPS) is 13.2. The van der Waals surface area contributed by atoms with Gasteiger partial charge in [-0.25, -0.2) is 4.98 Å². The lowest BCUT2D eigenvalue weighted by Crippen LogP contribution is -2.25. The van der Waals surface area contributed by atoms with E-state index in [1.807, 2.05) is 29.6 Å². The third kappa shape index (κ3) is 4.58. The van der Waals surface area contributed by atoms with Crippen LogP contribution < -0.4 is 10.6 Å². The van der Waals surface area contributed by atoms with Crippen molar-refractivity contribution >= 4 is 40.4 Å². The molecule has 0 saturated heterocycles. The summed E-state index contributed by atoms with van der Waals surface area (Å²) >= 11 is 7.67. The van der Waals surface area contributed by atoms with Gasteiger partial charge in [0, 0.05) is 28.2 Å². The van der Waals surface area contributed by atoms with E-state index in [9.17, 15) is 9.59 Å². The van der Waals surface area contributed by atoms with Gasteiger partial charge >= 0.3 is 0 Å². The van der Waals surface area contributed by atoms with Gasteiger partial charge < -0.3 is 10.6 Å². The Kier molecular flexibility index (Phi) is 5.41. The largest absolute Gasteiger partial charge is 0.349 e. The molecule has 2 aromatic carbocycles. The summed E-state index contributed by atoms with van der Waals surface area (Å²) in [6.45, 7) is 0. The van der Waals surface area contributed by atoms with Crippen LogP contribution in [-0.4, -0.2) is 22.8 Å². The molecule has 5 nitrogen and oxygen atoms in total. The highest BCUT2D eigenvalue weighted by Crippen LogP contribution is 2.30. The minimum Gasteiger partial charge on any atom is -0.349 e. The molecule has 3 aromatic rings. The molecular weight excluding hydrogens is 394 g/mol. The van der Waals surface area contributed by atoms with Crippen molar-refractivity contribution in [3.63, 3.8) is 0 Å². The van der Waals surface area contributed by atoms with Crippen LogP contribution in [0.25, 0.3) is 10.6 Å². The molecule has 1 aromatic heterocycles. The van der Waals surface area contributed by atoms with Crippen molar-refractivity contribution < 1.29 is 9.59 Å². The van der Waals surface area contributed by atoms with Gasteiger partial charge in [-0.05, 0) is 43.2 Å². The van der Waals surface area contributed by atoms with Crippen molar-refractivity contribution in [1.29, 1.82) is 0 Å². The molecule has 7 heteroatoms. The third-order valence-corrected chi connectivity index (χ3v) is 5.60. The number of halogens is 1. The monoisotopic (exact) mass is 411 g/mol. The van der Waals surface area contributed by atoms with Crippen LogP contribution in [0.15, 0.2) is 53.9 Å². The van der Waals surface area contributed by atoms with E-state index in [4.69, 9.17) is 11.6 Å². The number of anilines is 1. The lowest BCUT2D eigenvalue weighted by molar-refractivity contribution is -0.115. The minimum atomic E-state index is -0.161. The summed E-state index contributed by atoms with van der Waals surface area (Å²) in [5, 5.41) is 9.07. The van der Waals surface area contributed by atoms with Crippen LogP contribution in [0.2, 0.25) is 5.02 Å². The number of carbonyl (C=O) groups is 2. The molecular formula is C21H18ClN3O2S. The van der Waals surface area contributed by atoms with Gasteiger partial charge in [0.25, 0.3) is 5.91 Å². The quantitative estimate of drug-likeness (QED) is 0.625. The fraction of sp³-hybridized carbons (Fsp3) is 0.190. The number of benzene rings is 2. The number of carbonyl (C=O) groups excluding carboxylic acids is 2. The molecule has 1 fully saturated rings. The molecule has 1 aliphatic rings. The molecule has 1 heterocycles. The average molecular weight is 412 g/mol. The van der Waals surface area contributed by atoms with Crippen LogP contribution in [0.1, 0.15) is 28.9 Å². The molecule has 1 saturated carbocycles. The van der Waals surface area contributed by atoms with Crippen molar-refractivity contribution in [2.75, 3.05) is 5.32 Å². The first-order valence-corrected chi connectivity index (χ1v) is 10.2. The molecule has 2 N–H and O–H groups in total. The molecule has 0 spiro atoms. The van der Waals surface area contributed by atoms with Gasteiger partial charge in [-0.2, -0.15) is 0 Å². The lowest BCUT2D eigenvalue weighted by Gasteiger charge is -2.06. The predicted molar refractivity (Wildman–Crippen MR) is 112 cm³/mol. The van der Waals surface area contributed by atoms with Crippen LogP contribution in [0.4, 0.5) is 5.69 Å². The summed E-state index contributed by atoms with van der Waals surface area (Å²) in [6, 6.07) is 14.7. The van der Waals surface area contributed by atoms with E-state index in [1.165, 1.54) is 11.3 Å². The molecule has 0 atom stereocenters. The zero-order valence-corrected chi connectivity index (χ0v) is 16.5. The number of rotatable bonds is 6. The highest BCUT2D eigenvalue weighted by atomic mass is 35.5. The average Bonchev–Trinajstić information content (AvgIpc) is 3.38. The molecule has 1 aliphatic carbocycles. The Morgan fingerprint density at radius 2 is 1.86 bits per heavy atom. The molecule has 142 valence electrons. The maximum Gasteiger partial charge on any atom is 0.251 e. The Labute approximate surface area is 171 Å². The second kappa shape index (κ2) is 8.12. The van der Waals surface area contributed by atoms with E-state index in [1.54, 1.807) is 24.3 Å². The fourth-order valence-corrected chi connectivity index (χ4v) is 3.86. The van der Waals surface area contributed by atoms with Crippen molar-refractivity contribution in [1.82, 2.24) is 10.3 Å². The predicted octanol–water partition coefficient (Wildman–Crippen LogP) is 4.54. The summed E-state index contributed by atoms with van der Waals surface area (Å²) in [4.78, 5) is 28.8. The second-order valence-corrected chi connectivity index (χ2v) is 7.94. The second-order valence-electron chi connectivity index (χ2n) is 6.67. The van der Waals surface area contributed by atoms with E-state index in [-0.39, 0.29) is 18.2 Å². The Bertz CT molecular complexity index is 1010. The van der Waals surface area contributed by atoms with Crippen molar-refractivity contribution in [2.45, 2.75) is 25.3 Å². The van der Waals surface area contributed by atoms with Crippen molar-refractivity contribution in [3.8, 4) is 10.6 Å². The van der Waals surface area contributed by atoms with Crippen molar-refractivity contribution in [2.24, 2.45) is 0 Å². The smallest absolute Gasteiger partial charge is 0.251 e. The SMILES string of the molecule is O=C(Cc1csc(-c2ccccc2Cl)n1)Nc1ccc(C(=O)NC2CC2)cc1. The van der Waals surface area contributed by atoms with Gasteiger partial charge in [0.2, 0.25) is 5.91 Å². The standard InChI is InChI=1S/C21H18ClN3O2S/c22-18-4-2-1-3-17(18)21-25-16(12-28-21)11-19(26)23-14-7-5-13(6-8-14)20(27)24-15-9-10-15/h1-8,12,15H,9-11H2,(H,23,26)(H,24,27). The first-order chi connectivity index (χ1) is 13.6. The molecule has 4 rings (SSSR count). The van der Waals surface area contributed by atoms with E-state index < -0.39 is 0 Å². The van der Waals surface area contributed by atoms with Crippen molar-refractivity contribution in [3.05, 3.63) is 70.2 Å². The van der Waals surface area contributed by atoms with Crippen LogP contribution in [-0.2, 0) is 11.2 Å². The minimum absolute atomic E-state index is 0.0741. The summed E-state index contributed by atoms with van der Waals surface area (Å²) in [7, 11) is 0. The molecule has 0 bridgehead atoms. The van der Waals surface area contributed by atoms with E-state index in [0.717, 1.165) is 23.4 Å². The number of hydrogen-bond acceptors (Lipinski definition) is 4. The molecule has 2 amide bonds. The highest BCUT2D eigenvalue weighted by Gasteiger charge is 2.23. The molecule has 0 aliphatic heterocycles. The van der Waals surface area contributed by atoms with E-state index in [2.05, 4.69) is 15.6 Å². The van der Waals surface area contributed by atoms with Gasteiger partial charge in [0.1, 0.15) is 5.01 Å². The summed E-state index contributed by atoms with van der Waals surface area (Å²) in [6.07, 6.45) is 2.27. The zero-order chi connectivity index (χ0) is 19.5. The van der Waals surface area contributed by atoms with Crippen LogP contribution in [0.3, 0.4) is 0 Å². The fourth-order valence-electron chi connectivity index (χ4n) is 2.72. The topological polar surface area (TPSA) is 71.1 Å². The van der Waals surface area contributed by atoms with Crippen LogP contribution in [0.5, 0.6) is 0 Å². The van der Waals surface area contributed by atoms with E-state index >= 15 is 0 Å². The Morgan fingerprint density at radius 1 is 1.11 bits per heavy atom. The molecule has 0 unspecified atom stereocenters. The van der Waals surface area contributed by atoms with Crippen LogP contribution >= 0.6 is 22.9 Å². The van der Waals surface area contributed by atoms with Gasteiger partial charge in [-0.3, -0.25) is 9.59 Å². The zero-order valence-electron chi connectivity index (χ0n) is 14.9. The van der Waals surface area contributed by atoms with Crippen LogP contribution in [0, 0.1) is 0 Å². The Morgan fingerprint density at radius 3 is 2.57 bits per heavy atom. The van der Waals surface area contributed by atoms with Gasteiger partial charge in [-0.15, -0.1) is 11.3 Å². The van der Waals surface area contributed by atoms with Gasteiger partial charge in [0.05, 0.1) is 17.1 Å². The Hall–Kier alpha value is -2.70. The maximum atomic E-state index is 12.3. The number of hydrogen-bond donors (Lipinski definition) is 2. The van der Waals surface area contributed by atoms with E-state index in [0.29, 0.717) is 28.0 Å². The number of nitrogens with one attached hydrogen (secondary N) is 2. The number of aromatic nitrogens is 1. The highest BCUT2D eigenvalue weighted by molar-refractivity contribution is 7.13. The molecule has 28 heavy (non-hydrogen) atoms. The summed E-state index contributed by atoms with van der Waals surface area (Å²) in [5.41, 5.74) is 2.79. The van der Waals surface area contributed by atoms with Gasteiger partial charge in [0.15, 0.2) is 0 Å². The number of nitrogens with zero attached hydrogens (tertiary/aromatic N) is 1. The number of amides is 2. The first-order valence-electron chi connectivity index (χ1n) is 8.98. The first kappa shape index (κ1) is 18.7. The summed E-state index contributed by atoms with van der Waals surface area (Å²) in [5.74, 6) is -0.235. The Balaban J connectivity index is 1.35. The lowest BCUT2D eigenvalue weighted by atomic mass is 10.2. The van der Waals surface area contributed by atoms with Gasteiger partial charge in [-0.1, -0.05) is 29.8 Å².